The third-order valence-electron chi connectivity index (χ3n) is 3.75. The van der Waals surface area contributed by atoms with E-state index in [9.17, 15) is 0 Å². The standard InChI is InChI=1S/C16H25N5S/c1-16(2,22-5)11-19-15(17-3)18-10-14-20-12-8-6-7-9-13(12)21(14)4/h6-9H,10-11H2,1-5H3,(H2,17,18,19). The maximum absolute atomic E-state index is 4.66. The second-order valence-electron chi connectivity index (χ2n) is 5.82. The number of para-hydroxylation sites is 2. The Labute approximate surface area is 136 Å². The van der Waals surface area contributed by atoms with E-state index in [4.69, 9.17) is 0 Å². The fourth-order valence-electron chi connectivity index (χ4n) is 2.11. The molecule has 0 aliphatic rings. The highest BCUT2D eigenvalue weighted by Gasteiger charge is 2.16. The summed E-state index contributed by atoms with van der Waals surface area (Å²) in [5.41, 5.74) is 2.17. The summed E-state index contributed by atoms with van der Waals surface area (Å²) in [6, 6.07) is 8.16. The molecule has 0 fully saturated rings. The molecule has 5 nitrogen and oxygen atoms in total. The zero-order chi connectivity index (χ0) is 16.2. The highest BCUT2D eigenvalue weighted by atomic mass is 32.2. The Balaban J connectivity index is 1.99. The van der Waals surface area contributed by atoms with Crippen LogP contribution in [0.5, 0.6) is 0 Å². The van der Waals surface area contributed by atoms with Crippen LogP contribution in [-0.4, -0.2) is 40.1 Å². The first kappa shape index (κ1) is 16.7. The van der Waals surface area contributed by atoms with E-state index >= 15 is 0 Å². The van der Waals surface area contributed by atoms with Gasteiger partial charge in [-0.2, -0.15) is 11.8 Å². The monoisotopic (exact) mass is 319 g/mol. The van der Waals surface area contributed by atoms with E-state index in [0.29, 0.717) is 6.54 Å². The minimum atomic E-state index is 0.176. The van der Waals surface area contributed by atoms with Crippen LogP contribution in [0.3, 0.4) is 0 Å². The van der Waals surface area contributed by atoms with E-state index in [2.05, 4.69) is 51.3 Å². The van der Waals surface area contributed by atoms with Gasteiger partial charge in [-0.25, -0.2) is 4.98 Å². The first-order chi connectivity index (χ1) is 10.5. The van der Waals surface area contributed by atoms with Gasteiger partial charge in [0.15, 0.2) is 5.96 Å². The number of fused-ring (bicyclic) bond motifs is 1. The van der Waals surface area contributed by atoms with Gasteiger partial charge in [-0.1, -0.05) is 12.1 Å². The maximum atomic E-state index is 4.66. The van der Waals surface area contributed by atoms with Crippen LogP contribution >= 0.6 is 11.8 Å². The summed E-state index contributed by atoms with van der Waals surface area (Å²) in [5.74, 6) is 1.79. The third-order valence-corrected chi connectivity index (χ3v) is 5.00. The Hall–Kier alpha value is -1.69. The third kappa shape index (κ3) is 3.94. The summed E-state index contributed by atoms with van der Waals surface area (Å²) in [6.07, 6.45) is 2.12. The maximum Gasteiger partial charge on any atom is 0.191 e. The number of nitrogens with one attached hydrogen (secondary N) is 2. The lowest BCUT2D eigenvalue weighted by atomic mass is 10.2. The highest BCUT2D eigenvalue weighted by Crippen LogP contribution is 2.19. The zero-order valence-electron chi connectivity index (χ0n) is 14.0. The van der Waals surface area contributed by atoms with Crippen LogP contribution in [0, 0.1) is 0 Å². The van der Waals surface area contributed by atoms with Gasteiger partial charge >= 0.3 is 0 Å². The number of imidazole rings is 1. The molecule has 0 spiro atoms. The van der Waals surface area contributed by atoms with Crippen LogP contribution in [0.4, 0.5) is 0 Å². The zero-order valence-corrected chi connectivity index (χ0v) is 14.8. The molecule has 1 heterocycles. The number of benzene rings is 1. The van der Waals surface area contributed by atoms with Crippen molar-refractivity contribution in [2.45, 2.75) is 25.1 Å². The largest absolute Gasteiger partial charge is 0.355 e. The molecule has 0 aliphatic heterocycles. The first-order valence-electron chi connectivity index (χ1n) is 7.37. The van der Waals surface area contributed by atoms with Crippen molar-refractivity contribution in [1.29, 1.82) is 0 Å². The highest BCUT2D eigenvalue weighted by molar-refractivity contribution is 7.99. The Morgan fingerprint density at radius 1 is 1.32 bits per heavy atom. The average Bonchev–Trinajstić information content (AvgIpc) is 2.84. The summed E-state index contributed by atoms with van der Waals surface area (Å²) in [5, 5.41) is 6.70. The van der Waals surface area contributed by atoms with E-state index in [0.717, 1.165) is 29.4 Å². The molecule has 2 N–H and O–H groups in total. The molecular formula is C16H25N5S. The molecule has 0 bridgehead atoms. The average molecular weight is 319 g/mol. The van der Waals surface area contributed by atoms with Crippen LogP contribution in [0.25, 0.3) is 11.0 Å². The van der Waals surface area contributed by atoms with Gasteiger partial charge in [-0.15, -0.1) is 0 Å². The lowest BCUT2D eigenvalue weighted by molar-refractivity contribution is 0.658. The number of aliphatic imine (C=N–C) groups is 1. The molecule has 2 aromatic rings. The van der Waals surface area contributed by atoms with E-state index in [-0.39, 0.29) is 4.75 Å². The van der Waals surface area contributed by atoms with Crippen molar-refractivity contribution in [1.82, 2.24) is 20.2 Å². The van der Waals surface area contributed by atoms with Crippen LogP contribution < -0.4 is 10.6 Å². The predicted octanol–water partition coefficient (Wildman–Crippen LogP) is 2.38. The molecule has 120 valence electrons. The minimum Gasteiger partial charge on any atom is -0.355 e. The van der Waals surface area contributed by atoms with Crippen LogP contribution in [0.1, 0.15) is 19.7 Å². The topological polar surface area (TPSA) is 54.2 Å². The van der Waals surface area contributed by atoms with Gasteiger partial charge in [0.25, 0.3) is 0 Å². The number of hydrogen-bond acceptors (Lipinski definition) is 3. The number of rotatable bonds is 5. The molecule has 2 rings (SSSR count). The van der Waals surface area contributed by atoms with Crippen molar-refractivity contribution in [3.8, 4) is 0 Å². The van der Waals surface area contributed by atoms with Gasteiger partial charge in [0, 0.05) is 25.4 Å². The molecule has 0 unspecified atom stereocenters. The number of guanidine groups is 1. The van der Waals surface area contributed by atoms with E-state index in [1.807, 2.05) is 37.0 Å². The molecule has 0 aliphatic carbocycles. The molecule has 6 heteroatoms. The minimum absolute atomic E-state index is 0.176. The predicted molar refractivity (Wildman–Crippen MR) is 96.5 cm³/mol. The van der Waals surface area contributed by atoms with Crippen molar-refractivity contribution < 1.29 is 0 Å². The number of aryl methyl sites for hydroxylation is 1. The summed E-state index contributed by atoms with van der Waals surface area (Å²) in [4.78, 5) is 8.93. The van der Waals surface area contributed by atoms with Crippen molar-refractivity contribution >= 4 is 28.8 Å². The number of thioether (sulfide) groups is 1. The number of aromatic nitrogens is 2. The normalized spacial score (nSPS) is 12.7. The Bertz CT molecular complexity index is 660. The Kier molecular flexibility index (Phi) is 5.34. The van der Waals surface area contributed by atoms with Crippen molar-refractivity contribution in [2.24, 2.45) is 12.0 Å². The van der Waals surface area contributed by atoms with E-state index in [1.165, 1.54) is 0 Å². The molecule has 0 saturated heterocycles. The molecule has 22 heavy (non-hydrogen) atoms. The van der Waals surface area contributed by atoms with Crippen LogP contribution in [0.15, 0.2) is 29.3 Å². The lowest BCUT2D eigenvalue weighted by Gasteiger charge is -2.23. The number of nitrogens with zero attached hydrogens (tertiary/aromatic N) is 3. The van der Waals surface area contributed by atoms with Gasteiger partial charge in [0.05, 0.1) is 17.6 Å². The molecule has 1 aromatic carbocycles. The summed E-state index contributed by atoms with van der Waals surface area (Å²) < 4.78 is 2.29. The Morgan fingerprint density at radius 2 is 2.05 bits per heavy atom. The second-order valence-corrected chi connectivity index (χ2v) is 7.33. The van der Waals surface area contributed by atoms with E-state index < -0.39 is 0 Å². The smallest absolute Gasteiger partial charge is 0.191 e. The molecule has 0 saturated carbocycles. The van der Waals surface area contributed by atoms with Crippen LogP contribution in [0.2, 0.25) is 0 Å². The lowest BCUT2D eigenvalue weighted by Crippen LogP contribution is -2.43. The fourth-order valence-corrected chi connectivity index (χ4v) is 2.32. The van der Waals surface area contributed by atoms with Crippen molar-refractivity contribution in [3.63, 3.8) is 0 Å². The van der Waals surface area contributed by atoms with Gasteiger partial charge in [0.2, 0.25) is 0 Å². The van der Waals surface area contributed by atoms with Crippen molar-refractivity contribution in [3.05, 3.63) is 30.1 Å². The molecule has 1 aromatic heterocycles. The Morgan fingerprint density at radius 3 is 2.68 bits per heavy atom. The summed E-state index contributed by atoms with van der Waals surface area (Å²) >= 11 is 1.84. The summed E-state index contributed by atoms with van der Waals surface area (Å²) in [6.45, 7) is 5.92. The van der Waals surface area contributed by atoms with Gasteiger partial charge in [-0.3, -0.25) is 4.99 Å². The molecular weight excluding hydrogens is 294 g/mol. The quantitative estimate of drug-likeness (QED) is 0.656. The van der Waals surface area contributed by atoms with Gasteiger partial charge < -0.3 is 15.2 Å². The van der Waals surface area contributed by atoms with Crippen molar-refractivity contribution in [2.75, 3.05) is 19.8 Å². The molecule has 0 atom stereocenters. The van der Waals surface area contributed by atoms with Crippen LogP contribution in [-0.2, 0) is 13.6 Å². The van der Waals surface area contributed by atoms with E-state index in [1.54, 1.807) is 7.05 Å². The number of hydrogen-bond donors (Lipinski definition) is 2. The summed E-state index contributed by atoms with van der Waals surface area (Å²) in [7, 11) is 3.83. The van der Waals surface area contributed by atoms with Gasteiger partial charge in [-0.05, 0) is 32.2 Å². The first-order valence-corrected chi connectivity index (χ1v) is 8.59. The second kappa shape index (κ2) is 7.05. The fraction of sp³-hybridized carbons (Fsp3) is 0.500. The SMILES string of the molecule is CN=C(NCc1nc2ccccc2n1C)NCC(C)(C)SC. The molecule has 0 radical (unpaired) electrons. The molecule has 0 amide bonds. The van der Waals surface area contributed by atoms with Gasteiger partial charge in [0.1, 0.15) is 5.82 Å².